The molecule has 0 saturated carbocycles. The first kappa shape index (κ1) is 15.1. The van der Waals surface area contributed by atoms with Gasteiger partial charge in [0.05, 0.1) is 5.92 Å². The Morgan fingerprint density at radius 1 is 1.39 bits per heavy atom. The minimum Gasteiger partial charge on any atom is -0.312 e. The fourth-order valence-corrected chi connectivity index (χ4v) is 2.69. The van der Waals surface area contributed by atoms with Crippen LogP contribution < -0.4 is 10.2 Å². The summed E-state index contributed by atoms with van der Waals surface area (Å²) in [6, 6.07) is 7.92. The van der Waals surface area contributed by atoms with Gasteiger partial charge in [0.2, 0.25) is 11.8 Å². The minimum absolute atomic E-state index is 0.0542. The number of carbonyl (C=O) groups is 2. The van der Waals surface area contributed by atoms with Crippen LogP contribution in [-0.4, -0.2) is 39.0 Å². The Morgan fingerprint density at radius 3 is 2.83 bits per heavy atom. The van der Waals surface area contributed by atoms with Crippen LogP contribution in [0.3, 0.4) is 0 Å². The lowest BCUT2D eigenvalue weighted by atomic mass is 10.1. The number of nitrogens with zero attached hydrogens (tertiary/aromatic N) is 4. The maximum atomic E-state index is 12.2. The number of aryl methyl sites for hydroxylation is 1. The predicted molar refractivity (Wildman–Crippen MR) is 83.7 cm³/mol. The second kappa shape index (κ2) is 6.55. The zero-order valence-corrected chi connectivity index (χ0v) is 12.8. The van der Waals surface area contributed by atoms with E-state index in [1.54, 1.807) is 4.90 Å². The van der Waals surface area contributed by atoms with Crippen molar-refractivity contribution in [1.29, 1.82) is 0 Å². The molecule has 3 rings (SSSR count). The summed E-state index contributed by atoms with van der Waals surface area (Å²) in [7, 11) is 0. The van der Waals surface area contributed by atoms with E-state index in [1.165, 1.54) is 5.56 Å². The molecule has 1 atom stereocenters. The summed E-state index contributed by atoms with van der Waals surface area (Å²) in [6.45, 7) is 2.49. The van der Waals surface area contributed by atoms with E-state index < -0.39 is 5.92 Å². The number of aromatic nitrogens is 4. The number of carbonyl (C=O) groups excluding carboxylic acids is 2. The summed E-state index contributed by atoms with van der Waals surface area (Å²) in [4.78, 5) is 26.0. The van der Waals surface area contributed by atoms with Gasteiger partial charge in [0.25, 0.3) is 5.95 Å². The average Bonchev–Trinajstić information content (AvgIpc) is 3.18. The van der Waals surface area contributed by atoms with Gasteiger partial charge in [0.15, 0.2) is 0 Å². The summed E-state index contributed by atoms with van der Waals surface area (Å²) in [6.07, 6.45) is 2.28. The number of anilines is 2. The molecule has 1 aromatic carbocycles. The second-order valence-electron chi connectivity index (χ2n) is 5.55. The normalized spacial score (nSPS) is 17.5. The van der Waals surface area contributed by atoms with E-state index in [0.717, 1.165) is 18.5 Å². The Hall–Kier alpha value is -2.77. The highest BCUT2D eigenvalue weighted by Crippen LogP contribution is 2.26. The lowest BCUT2D eigenvalue weighted by Gasteiger charge is -2.17. The minimum atomic E-state index is -0.420. The monoisotopic (exact) mass is 314 g/mol. The van der Waals surface area contributed by atoms with E-state index in [9.17, 15) is 9.59 Å². The molecule has 0 radical (unpaired) electrons. The molecule has 0 aliphatic carbocycles. The van der Waals surface area contributed by atoms with E-state index in [-0.39, 0.29) is 24.2 Å². The predicted octanol–water partition coefficient (Wildman–Crippen LogP) is 1.14. The molecule has 0 bridgehead atoms. The molecule has 120 valence electrons. The van der Waals surface area contributed by atoms with Crippen molar-refractivity contribution >= 4 is 23.5 Å². The van der Waals surface area contributed by atoms with Gasteiger partial charge in [-0.1, -0.05) is 30.6 Å². The molecule has 1 aliphatic rings. The maximum absolute atomic E-state index is 12.2. The van der Waals surface area contributed by atoms with Crippen LogP contribution in [0.15, 0.2) is 24.3 Å². The van der Waals surface area contributed by atoms with Gasteiger partial charge in [-0.05, 0) is 29.3 Å². The lowest BCUT2D eigenvalue weighted by molar-refractivity contribution is -0.122. The van der Waals surface area contributed by atoms with Crippen LogP contribution >= 0.6 is 0 Å². The quantitative estimate of drug-likeness (QED) is 0.861. The third kappa shape index (κ3) is 3.36. The second-order valence-corrected chi connectivity index (χ2v) is 5.55. The van der Waals surface area contributed by atoms with E-state index >= 15 is 0 Å². The molecule has 0 unspecified atom stereocenters. The summed E-state index contributed by atoms with van der Waals surface area (Å²) in [5, 5.41) is 15.5. The zero-order valence-electron chi connectivity index (χ0n) is 12.8. The van der Waals surface area contributed by atoms with Crippen molar-refractivity contribution in [2.24, 2.45) is 5.92 Å². The average molecular weight is 314 g/mol. The van der Waals surface area contributed by atoms with Crippen LogP contribution in [0.5, 0.6) is 0 Å². The molecule has 2 N–H and O–H groups in total. The molecular formula is C15H18N6O2. The van der Waals surface area contributed by atoms with Gasteiger partial charge in [-0.2, -0.15) is 5.21 Å². The standard InChI is InChI=1S/C15H18N6O2/c1-2-3-10-4-6-12(7-5-10)21-9-11(8-13(21)22)14(23)16-15-17-19-20-18-15/h4-7,11H,2-3,8-9H2,1H3,(H2,16,17,18,19,20,23)/t11-/m0/s1. The number of hydrogen-bond donors (Lipinski definition) is 2. The van der Waals surface area contributed by atoms with Crippen LogP contribution in [-0.2, 0) is 16.0 Å². The number of aromatic amines is 1. The van der Waals surface area contributed by atoms with E-state index in [4.69, 9.17) is 0 Å². The molecule has 2 amide bonds. The number of rotatable bonds is 5. The van der Waals surface area contributed by atoms with E-state index in [0.29, 0.717) is 6.54 Å². The van der Waals surface area contributed by atoms with Crippen LogP contribution in [0.1, 0.15) is 25.3 Å². The number of benzene rings is 1. The summed E-state index contributed by atoms with van der Waals surface area (Å²) < 4.78 is 0. The lowest BCUT2D eigenvalue weighted by Crippen LogP contribution is -2.28. The number of H-pyrrole nitrogens is 1. The molecule has 1 saturated heterocycles. The fourth-order valence-electron chi connectivity index (χ4n) is 2.69. The van der Waals surface area contributed by atoms with Crippen LogP contribution in [0, 0.1) is 5.92 Å². The molecule has 1 aliphatic heterocycles. The number of amides is 2. The van der Waals surface area contributed by atoms with Gasteiger partial charge in [-0.3, -0.25) is 14.9 Å². The first-order valence-electron chi connectivity index (χ1n) is 7.61. The number of tetrazole rings is 1. The molecule has 8 heteroatoms. The van der Waals surface area contributed by atoms with Crippen molar-refractivity contribution in [3.05, 3.63) is 29.8 Å². The topological polar surface area (TPSA) is 104 Å². The highest BCUT2D eigenvalue weighted by molar-refractivity contribution is 6.03. The highest BCUT2D eigenvalue weighted by atomic mass is 16.2. The molecule has 2 aromatic rings. The van der Waals surface area contributed by atoms with Crippen molar-refractivity contribution in [2.45, 2.75) is 26.2 Å². The van der Waals surface area contributed by atoms with Crippen molar-refractivity contribution in [3.63, 3.8) is 0 Å². The van der Waals surface area contributed by atoms with Crippen LogP contribution in [0.25, 0.3) is 0 Å². The van der Waals surface area contributed by atoms with E-state index in [1.807, 2.05) is 24.3 Å². The molecule has 23 heavy (non-hydrogen) atoms. The number of nitrogens with one attached hydrogen (secondary N) is 2. The summed E-state index contributed by atoms with van der Waals surface area (Å²) in [5.74, 6) is -0.632. The third-order valence-electron chi connectivity index (χ3n) is 3.86. The molecule has 2 heterocycles. The van der Waals surface area contributed by atoms with Gasteiger partial charge in [0, 0.05) is 18.7 Å². The third-order valence-corrected chi connectivity index (χ3v) is 3.86. The Labute approximate surface area is 133 Å². The molecular weight excluding hydrogens is 296 g/mol. The Kier molecular flexibility index (Phi) is 4.31. The van der Waals surface area contributed by atoms with Crippen molar-refractivity contribution < 1.29 is 9.59 Å². The summed E-state index contributed by atoms with van der Waals surface area (Å²) >= 11 is 0. The maximum Gasteiger partial charge on any atom is 0.269 e. The smallest absolute Gasteiger partial charge is 0.269 e. The zero-order chi connectivity index (χ0) is 16.2. The molecule has 8 nitrogen and oxygen atoms in total. The number of hydrogen-bond acceptors (Lipinski definition) is 5. The molecule has 0 spiro atoms. The van der Waals surface area contributed by atoms with E-state index in [2.05, 4.69) is 32.9 Å². The van der Waals surface area contributed by atoms with Gasteiger partial charge < -0.3 is 4.90 Å². The summed E-state index contributed by atoms with van der Waals surface area (Å²) in [5.41, 5.74) is 2.07. The van der Waals surface area contributed by atoms with Gasteiger partial charge >= 0.3 is 0 Å². The van der Waals surface area contributed by atoms with Gasteiger partial charge in [-0.15, -0.1) is 5.10 Å². The van der Waals surface area contributed by atoms with Gasteiger partial charge in [0.1, 0.15) is 0 Å². The largest absolute Gasteiger partial charge is 0.312 e. The van der Waals surface area contributed by atoms with Crippen molar-refractivity contribution in [1.82, 2.24) is 20.6 Å². The van der Waals surface area contributed by atoms with Crippen molar-refractivity contribution in [3.8, 4) is 0 Å². The highest BCUT2D eigenvalue weighted by Gasteiger charge is 2.35. The van der Waals surface area contributed by atoms with Gasteiger partial charge in [-0.25, -0.2) is 0 Å². The van der Waals surface area contributed by atoms with Crippen molar-refractivity contribution in [2.75, 3.05) is 16.8 Å². The first-order chi connectivity index (χ1) is 11.2. The molecule has 1 fully saturated rings. The first-order valence-corrected chi connectivity index (χ1v) is 7.61. The Morgan fingerprint density at radius 2 is 2.17 bits per heavy atom. The molecule has 1 aromatic heterocycles. The SMILES string of the molecule is CCCc1ccc(N2C[C@@H](C(=O)Nc3nn[nH]n3)CC2=O)cc1. The Bertz CT molecular complexity index is 683. The van der Waals surface area contributed by atoms with Crippen LogP contribution in [0.4, 0.5) is 11.6 Å². The Balaban J connectivity index is 1.66. The fraction of sp³-hybridized carbons (Fsp3) is 0.400. The van der Waals surface area contributed by atoms with Crippen LogP contribution in [0.2, 0.25) is 0 Å².